The van der Waals surface area contributed by atoms with Crippen molar-refractivity contribution < 1.29 is 22.7 Å². The van der Waals surface area contributed by atoms with Gasteiger partial charge in [-0.3, -0.25) is 9.69 Å². The maximum absolute atomic E-state index is 13.9. The molecule has 12 heteroatoms. The number of hydrogen-bond donors (Lipinski definition) is 1. The van der Waals surface area contributed by atoms with Crippen molar-refractivity contribution in [2.75, 3.05) is 29.9 Å². The van der Waals surface area contributed by atoms with Gasteiger partial charge in [-0.1, -0.05) is 28.1 Å². The molecule has 2 aromatic rings. The van der Waals surface area contributed by atoms with Gasteiger partial charge in [-0.2, -0.15) is 9.29 Å². The first-order valence-corrected chi connectivity index (χ1v) is 18.8. The van der Waals surface area contributed by atoms with Crippen molar-refractivity contribution in [2.24, 2.45) is 0 Å². The summed E-state index contributed by atoms with van der Waals surface area (Å²) < 4.78 is 40.8. The number of amides is 1. The summed E-state index contributed by atoms with van der Waals surface area (Å²) in [6, 6.07) is 5.54. The van der Waals surface area contributed by atoms with E-state index < -0.39 is 15.4 Å². The highest BCUT2D eigenvalue weighted by atomic mass is 79.9. The molecule has 1 N–H and O–H groups in total. The van der Waals surface area contributed by atoms with Crippen LogP contribution in [0.4, 0.5) is 11.8 Å². The van der Waals surface area contributed by atoms with E-state index in [0.717, 1.165) is 86.9 Å². The molecule has 1 aromatic carbocycles. The monoisotopic (exact) mass is 687 g/mol. The van der Waals surface area contributed by atoms with E-state index in [9.17, 15) is 13.2 Å². The first-order valence-electron chi connectivity index (χ1n) is 16.2. The zero-order valence-electron chi connectivity index (χ0n) is 25.3. The molecule has 1 aromatic heterocycles. The van der Waals surface area contributed by atoms with Crippen molar-refractivity contribution >= 4 is 43.6 Å². The Morgan fingerprint density at radius 3 is 2.66 bits per heavy atom. The molecular formula is C32H42BrN5O5S. The van der Waals surface area contributed by atoms with Gasteiger partial charge in [-0.05, 0) is 94.7 Å². The topological polar surface area (TPSA) is 114 Å². The Bertz CT molecular complexity index is 1500. The smallest absolute Gasteiger partial charge is 0.243 e. The molecule has 4 fully saturated rings. The van der Waals surface area contributed by atoms with Crippen LogP contribution in [-0.4, -0.2) is 72.8 Å². The number of sulfonamides is 1. The van der Waals surface area contributed by atoms with E-state index in [1.54, 1.807) is 10.4 Å². The van der Waals surface area contributed by atoms with Crippen molar-refractivity contribution in [3.05, 3.63) is 41.1 Å². The number of nitrogens with zero attached hydrogens (tertiary/aromatic N) is 4. The highest BCUT2D eigenvalue weighted by molar-refractivity contribution is 9.08. The van der Waals surface area contributed by atoms with E-state index in [-0.39, 0.29) is 30.4 Å². The van der Waals surface area contributed by atoms with Crippen LogP contribution in [0.25, 0.3) is 0 Å². The third kappa shape index (κ3) is 5.59. The van der Waals surface area contributed by atoms with Crippen LogP contribution in [-0.2, 0) is 35.0 Å². The molecule has 1 amide bonds. The average Bonchev–Trinajstić information content (AvgIpc) is 3.80. The van der Waals surface area contributed by atoms with Gasteiger partial charge < -0.3 is 14.8 Å². The highest BCUT2D eigenvalue weighted by Crippen LogP contribution is 2.57. The van der Waals surface area contributed by atoms with Crippen LogP contribution in [0.2, 0.25) is 0 Å². The molecule has 0 bridgehead atoms. The van der Waals surface area contributed by atoms with Crippen LogP contribution in [0, 0.1) is 6.92 Å². The molecule has 5 aliphatic rings. The van der Waals surface area contributed by atoms with E-state index in [4.69, 9.17) is 14.5 Å². The minimum atomic E-state index is -3.58. The van der Waals surface area contributed by atoms with Gasteiger partial charge in [-0.25, -0.2) is 13.4 Å². The Hall–Kier alpha value is -2.12. The Balaban J connectivity index is 1.03. The molecule has 238 valence electrons. The number of nitrogens with one attached hydrogen (secondary N) is 1. The second-order valence-electron chi connectivity index (χ2n) is 13.1. The van der Waals surface area contributed by atoms with Gasteiger partial charge >= 0.3 is 0 Å². The fourth-order valence-electron chi connectivity index (χ4n) is 7.51. The summed E-state index contributed by atoms with van der Waals surface area (Å²) in [5.74, 6) is 1.41. The molecule has 1 unspecified atom stereocenters. The van der Waals surface area contributed by atoms with E-state index in [1.165, 1.54) is 0 Å². The number of aromatic nitrogens is 2. The summed E-state index contributed by atoms with van der Waals surface area (Å²) in [6.45, 7) is 3.47. The number of carbonyl (C=O) groups excluding carboxylic acids is 1. The third-order valence-corrected chi connectivity index (χ3v) is 12.9. The molecule has 2 aliphatic carbocycles. The summed E-state index contributed by atoms with van der Waals surface area (Å²) >= 11 is 3.46. The second kappa shape index (κ2) is 12.2. The molecule has 4 heterocycles. The number of carbonyl (C=O) groups is 1. The first kappa shape index (κ1) is 30.5. The van der Waals surface area contributed by atoms with E-state index in [1.807, 2.05) is 30.2 Å². The lowest BCUT2D eigenvalue weighted by molar-refractivity contribution is -0.193. The number of anilines is 2. The number of piperidine rings is 1. The second-order valence-corrected chi connectivity index (χ2v) is 15.5. The van der Waals surface area contributed by atoms with Crippen molar-refractivity contribution in [1.29, 1.82) is 0 Å². The van der Waals surface area contributed by atoms with Crippen molar-refractivity contribution in [3.63, 3.8) is 0 Å². The van der Waals surface area contributed by atoms with Gasteiger partial charge in [0.1, 0.15) is 5.82 Å². The average molecular weight is 689 g/mol. The Labute approximate surface area is 268 Å². The van der Waals surface area contributed by atoms with Crippen molar-refractivity contribution in [1.82, 2.24) is 14.3 Å². The third-order valence-electron chi connectivity index (χ3n) is 10.3. The molecule has 10 nitrogen and oxygen atoms in total. The van der Waals surface area contributed by atoms with Crippen molar-refractivity contribution in [3.8, 4) is 0 Å². The number of halogens is 1. The normalized spacial score (nSPS) is 27.5. The Morgan fingerprint density at radius 1 is 1.11 bits per heavy atom. The van der Waals surface area contributed by atoms with Gasteiger partial charge in [0.25, 0.3) is 0 Å². The molecule has 0 radical (unpaired) electrons. The lowest BCUT2D eigenvalue weighted by Crippen LogP contribution is -2.45. The van der Waals surface area contributed by atoms with Gasteiger partial charge in [0, 0.05) is 48.9 Å². The predicted octanol–water partition coefficient (Wildman–Crippen LogP) is 5.18. The van der Waals surface area contributed by atoms with Crippen LogP contribution in [0.3, 0.4) is 0 Å². The van der Waals surface area contributed by atoms with Crippen LogP contribution >= 0.6 is 15.9 Å². The van der Waals surface area contributed by atoms with Crippen LogP contribution in [0.5, 0.6) is 0 Å². The minimum Gasteiger partial charge on any atom is -0.353 e. The summed E-state index contributed by atoms with van der Waals surface area (Å²) in [6.07, 6.45) is 11.7. The SMILES string of the molecule is Cc1c(CBr)cccc1S(=O)(=O)N1CCC(Nc2ncc3c(n2)N([C@@H]2CCC[C@@H](OC4CCCCO4)C2)C(=O)C32CC2)CC1. The molecule has 2 saturated carbocycles. The summed E-state index contributed by atoms with van der Waals surface area (Å²) in [4.78, 5) is 25.8. The maximum Gasteiger partial charge on any atom is 0.243 e. The van der Waals surface area contributed by atoms with E-state index in [0.29, 0.717) is 42.1 Å². The number of alkyl halides is 1. The largest absolute Gasteiger partial charge is 0.353 e. The van der Waals surface area contributed by atoms with Crippen LogP contribution in [0.1, 0.15) is 87.3 Å². The molecule has 1 spiro atoms. The molecular weight excluding hydrogens is 646 g/mol. The molecule has 44 heavy (non-hydrogen) atoms. The zero-order chi connectivity index (χ0) is 30.5. The summed E-state index contributed by atoms with van der Waals surface area (Å²) in [5.41, 5.74) is 2.26. The van der Waals surface area contributed by atoms with Gasteiger partial charge in [0.05, 0.1) is 16.4 Å². The quantitative estimate of drug-likeness (QED) is 0.378. The Morgan fingerprint density at radius 2 is 1.93 bits per heavy atom. The minimum absolute atomic E-state index is 0.0397. The number of fused-ring (bicyclic) bond motifs is 2. The number of ether oxygens (including phenoxy) is 2. The Kier molecular flexibility index (Phi) is 8.49. The van der Waals surface area contributed by atoms with Crippen molar-refractivity contribution in [2.45, 2.75) is 118 Å². The van der Waals surface area contributed by atoms with Gasteiger partial charge in [0.15, 0.2) is 6.29 Å². The molecule has 3 aliphatic heterocycles. The van der Waals surface area contributed by atoms with Crippen LogP contribution in [0.15, 0.2) is 29.3 Å². The standard InChI is InChI=1S/C32H42BrN5O5S/c1-21-22(19-33)6-4-9-27(21)44(40,41)37-15-11-23(12-16-37)35-31-34-20-26-29(36-31)38(30(39)32(26)13-14-32)24-7-5-8-25(18-24)43-28-10-2-3-17-42-28/h4,6,9,20,23-25,28H,2-3,5,7-8,10-19H2,1H3,(H,34,35,36)/t24-,25-,28?/m1/s1. The van der Waals surface area contributed by atoms with Gasteiger partial charge in [0.2, 0.25) is 21.9 Å². The maximum atomic E-state index is 13.9. The van der Waals surface area contributed by atoms with Gasteiger partial charge in [-0.15, -0.1) is 0 Å². The molecule has 7 rings (SSSR count). The molecule has 3 atom stereocenters. The van der Waals surface area contributed by atoms with E-state index in [2.05, 4.69) is 26.2 Å². The fraction of sp³-hybridized carbons (Fsp3) is 0.656. The van der Waals surface area contributed by atoms with E-state index >= 15 is 0 Å². The highest BCUT2D eigenvalue weighted by Gasteiger charge is 2.61. The lowest BCUT2D eigenvalue weighted by Gasteiger charge is -2.37. The number of hydrogen-bond acceptors (Lipinski definition) is 8. The number of benzene rings is 1. The summed E-state index contributed by atoms with van der Waals surface area (Å²) in [5, 5.41) is 4.09. The predicted molar refractivity (Wildman–Crippen MR) is 170 cm³/mol. The molecule has 2 saturated heterocycles. The zero-order valence-corrected chi connectivity index (χ0v) is 27.7. The lowest BCUT2D eigenvalue weighted by atomic mass is 9.91. The first-order chi connectivity index (χ1) is 21.3. The summed E-state index contributed by atoms with van der Waals surface area (Å²) in [7, 11) is -3.58. The fourth-order valence-corrected chi connectivity index (χ4v) is 9.86. The number of rotatable bonds is 8. The van der Waals surface area contributed by atoms with Crippen LogP contribution < -0.4 is 10.2 Å².